The molecule has 0 fully saturated rings. The van der Waals surface area contributed by atoms with E-state index in [0.29, 0.717) is 12.3 Å². The first-order valence-corrected chi connectivity index (χ1v) is 7.28. The third kappa shape index (κ3) is 2.81. The summed E-state index contributed by atoms with van der Waals surface area (Å²) in [5, 5.41) is 9.52. The maximum Gasteiger partial charge on any atom is 0.327 e. The Bertz CT molecular complexity index is 667. The zero-order valence-electron chi connectivity index (χ0n) is 12.7. The molecule has 3 nitrogen and oxygen atoms in total. The number of hydrogen-bond acceptors (Lipinski definition) is 2. The lowest BCUT2D eigenvalue weighted by Gasteiger charge is -2.25. The third-order valence-corrected chi connectivity index (χ3v) is 4.10. The van der Waals surface area contributed by atoms with Crippen LogP contribution in [-0.4, -0.2) is 17.1 Å². The maximum absolute atomic E-state index is 11.6. The minimum atomic E-state index is -0.779. The predicted molar refractivity (Wildman–Crippen MR) is 91.5 cm³/mol. The summed E-state index contributed by atoms with van der Waals surface area (Å²) >= 11 is 0. The maximum atomic E-state index is 11.6. The normalized spacial score (nSPS) is 16.3. The lowest BCUT2D eigenvalue weighted by atomic mass is 10.0. The highest BCUT2D eigenvalue weighted by molar-refractivity contribution is 5.87. The van der Waals surface area contributed by atoms with Gasteiger partial charge in [0.05, 0.1) is 0 Å². The number of para-hydroxylation sites is 1. The van der Waals surface area contributed by atoms with Crippen molar-refractivity contribution in [2.45, 2.75) is 32.2 Å². The standard InChI is InChI=1S/C18H19NO2.ClH/c1-12(2)13-7-9-15(10-8-13)19-16-6-4-3-5-14(16)11-17(19)18(20)21;/h3-10,12,17H,11H2,1-2H3,(H,20,21);1H. The number of anilines is 2. The van der Waals surface area contributed by atoms with Gasteiger partial charge in [0.15, 0.2) is 0 Å². The van der Waals surface area contributed by atoms with Gasteiger partial charge >= 0.3 is 5.97 Å². The molecule has 2 aromatic rings. The lowest BCUT2D eigenvalue weighted by molar-refractivity contribution is -0.138. The molecule has 1 unspecified atom stereocenters. The molecule has 0 radical (unpaired) electrons. The molecule has 1 aliphatic heterocycles. The first kappa shape index (κ1) is 16.4. The Labute approximate surface area is 137 Å². The van der Waals surface area contributed by atoms with Gasteiger partial charge in [-0.2, -0.15) is 0 Å². The van der Waals surface area contributed by atoms with Crippen molar-refractivity contribution in [3.05, 3.63) is 59.7 Å². The van der Waals surface area contributed by atoms with Gasteiger partial charge < -0.3 is 10.0 Å². The molecule has 22 heavy (non-hydrogen) atoms. The van der Waals surface area contributed by atoms with E-state index < -0.39 is 12.0 Å². The molecule has 2 aromatic carbocycles. The van der Waals surface area contributed by atoms with Crippen molar-refractivity contribution in [1.82, 2.24) is 0 Å². The van der Waals surface area contributed by atoms with E-state index in [1.807, 2.05) is 41.3 Å². The van der Waals surface area contributed by atoms with Crippen molar-refractivity contribution in [2.24, 2.45) is 0 Å². The van der Waals surface area contributed by atoms with Gasteiger partial charge in [-0.15, -0.1) is 12.4 Å². The summed E-state index contributed by atoms with van der Waals surface area (Å²) < 4.78 is 0. The number of hydrogen-bond donors (Lipinski definition) is 1. The molecular formula is C18H20ClNO2. The highest BCUT2D eigenvalue weighted by atomic mass is 35.5. The molecule has 0 saturated carbocycles. The van der Waals surface area contributed by atoms with E-state index in [1.54, 1.807) is 0 Å². The third-order valence-electron chi connectivity index (χ3n) is 4.10. The smallest absolute Gasteiger partial charge is 0.327 e. The largest absolute Gasteiger partial charge is 0.480 e. The Balaban J connectivity index is 0.00000176. The van der Waals surface area contributed by atoms with Gasteiger partial charge in [0.1, 0.15) is 6.04 Å². The second kappa shape index (κ2) is 6.41. The van der Waals surface area contributed by atoms with Gasteiger partial charge in [-0.25, -0.2) is 4.79 Å². The molecule has 0 saturated heterocycles. The highest BCUT2D eigenvalue weighted by Gasteiger charge is 2.35. The van der Waals surface area contributed by atoms with Crippen LogP contribution in [0, 0.1) is 0 Å². The first-order chi connectivity index (χ1) is 10.1. The summed E-state index contributed by atoms with van der Waals surface area (Å²) in [6.45, 7) is 4.31. The molecule has 3 rings (SSSR count). The Kier molecular flexibility index (Phi) is 4.77. The van der Waals surface area contributed by atoms with E-state index >= 15 is 0 Å². The van der Waals surface area contributed by atoms with E-state index in [1.165, 1.54) is 5.56 Å². The molecule has 1 N–H and O–H groups in total. The van der Waals surface area contributed by atoms with Gasteiger partial charge in [0.2, 0.25) is 0 Å². The van der Waals surface area contributed by atoms with Crippen LogP contribution in [0.2, 0.25) is 0 Å². The summed E-state index contributed by atoms with van der Waals surface area (Å²) in [4.78, 5) is 13.5. The van der Waals surface area contributed by atoms with Crippen LogP contribution in [0.4, 0.5) is 11.4 Å². The molecule has 116 valence electrons. The minimum Gasteiger partial charge on any atom is -0.480 e. The van der Waals surface area contributed by atoms with Crippen molar-refractivity contribution in [3.8, 4) is 0 Å². The van der Waals surface area contributed by atoms with Crippen LogP contribution in [0.25, 0.3) is 0 Å². The number of nitrogens with zero attached hydrogens (tertiary/aromatic N) is 1. The van der Waals surface area contributed by atoms with Gasteiger partial charge in [-0.1, -0.05) is 44.2 Å². The molecule has 0 aliphatic carbocycles. The number of halogens is 1. The molecule has 0 spiro atoms. The summed E-state index contributed by atoms with van der Waals surface area (Å²) in [5.41, 5.74) is 4.30. The van der Waals surface area contributed by atoms with Crippen molar-refractivity contribution >= 4 is 29.8 Å². The first-order valence-electron chi connectivity index (χ1n) is 7.28. The zero-order valence-corrected chi connectivity index (χ0v) is 13.5. The summed E-state index contributed by atoms with van der Waals surface area (Å²) in [7, 11) is 0. The fourth-order valence-corrected chi connectivity index (χ4v) is 2.92. The molecular weight excluding hydrogens is 298 g/mol. The number of carboxylic acids is 1. The van der Waals surface area contributed by atoms with Crippen molar-refractivity contribution in [2.75, 3.05) is 4.90 Å². The van der Waals surface area contributed by atoms with E-state index in [9.17, 15) is 9.90 Å². The molecule has 0 bridgehead atoms. The number of carboxylic acid groups (broad SMARTS) is 1. The topological polar surface area (TPSA) is 40.5 Å². The van der Waals surface area contributed by atoms with Gasteiger partial charge in [0, 0.05) is 17.8 Å². The molecule has 1 aliphatic rings. The van der Waals surface area contributed by atoms with Gasteiger partial charge in [-0.05, 0) is 35.2 Å². The monoisotopic (exact) mass is 317 g/mol. The molecule has 4 heteroatoms. The van der Waals surface area contributed by atoms with Gasteiger partial charge in [-0.3, -0.25) is 0 Å². The Morgan fingerprint density at radius 1 is 1.14 bits per heavy atom. The minimum absolute atomic E-state index is 0. The second-order valence-corrected chi connectivity index (χ2v) is 5.80. The Morgan fingerprint density at radius 3 is 2.36 bits per heavy atom. The number of aliphatic carboxylic acids is 1. The number of fused-ring (bicyclic) bond motifs is 1. The van der Waals surface area contributed by atoms with Crippen LogP contribution in [0.15, 0.2) is 48.5 Å². The average Bonchev–Trinajstić information content (AvgIpc) is 2.87. The Hall–Kier alpha value is -2.00. The number of carbonyl (C=O) groups is 1. The van der Waals surface area contributed by atoms with E-state index in [2.05, 4.69) is 26.0 Å². The van der Waals surface area contributed by atoms with Crippen molar-refractivity contribution in [3.63, 3.8) is 0 Å². The van der Waals surface area contributed by atoms with Crippen LogP contribution >= 0.6 is 12.4 Å². The average molecular weight is 318 g/mol. The fourth-order valence-electron chi connectivity index (χ4n) is 2.92. The van der Waals surface area contributed by atoms with Crippen LogP contribution in [0.1, 0.15) is 30.9 Å². The summed E-state index contributed by atoms with van der Waals surface area (Å²) in [6.07, 6.45) is 0.553. The van der Waals surface area contributed by atoms with Crippen LogP contribution in [0.3, 0.4) is 0 Å². The van der Waals surface area contributed by atoms with Crippen LogP contribution in [0.5, 0.6) is 0 Å². The van der Waals surface area contributed by atoms with E-state index in [-0.39, 0.29) is 12.4 Å². The fraction of sp³-hybridized carbons (Fsp3) is 0.278. The van der Waals surface area contributed by atoms with Crippen molar-refractivity contribution in [1.29, 1.82) is 0 Å². The second-order valence-electron chi connectivity index (χ2n) is 5.80. The number of benzene rings is 2. The van der Waals surface area contributed by atoms with Crippen molar-refractivity contribution < 1.29 is 9.90 Å². The highest BCUT2D eigenvalue weighted by Crippen LogP contribution is 2.38. The lowest BCUT2D eigenvalue weighted by Crippen LogP contribution is -2.35. The quantitative estimate of drug-likeness (QED) is 0.913. The van der Waals surface area contributed by atoms with E-state index in [4.69, 9.17) is 0 Å². The zero-order chi connectivity index (χ0) is 15.0. The molecule has 1 heterocycles. The van der Waals surface area contributed by atoms with Crippen LogP contribution < -0.4 is 4.90 Å². The molecule has 0 amide bonds. The SMILES string of the molecule is CC(C)c1ccc(N2c3ccccc3CC2C(=O)O)cc1.Cl. The predicted octanol–water partition coefficient (Wildman–Crippen LogP) is 4.38. The molecule has 1 atom stereocenters. The summed E-state index contributed by atoms with van der Waals surface area (Å²) in [6, 6.07) is 15.6. The molecule has 0 aromatic heterocycles. The number of rotatable bonds is 3. The summed E-state index contributed by atoms with van der Waals surface area (Å²) in [5.74, 6) is -0.306. The van der Waals surface area contributed by atoms with Crippen LogP contribution in [-0.2, 0) is 11.2 Å². The Morgan fingerprint density at radius 2 is 1.77 bits per heavy atom. The van der Waals surface area contributed by atoms with E-state index in [0.717, 1.165) is 16.9 Å². The van der Waals surface area contributed by atoms with Gasteiger partial charge in [0.25, 0.3) is 0 Å².